The molecule has 0 aliphatic carbocycles. The van der Waals surface area contributed by atoms with E-state index in [0.717, 1.165) is 25.2 Å². The molecule has 2 aromatic rings. The van der Waals surface area contributed by atoms with E-state index < -0.39 is 0 Å². The van der Waals surface area contributed by atoms with Crippen LogP contribution in [0, 0.1) is 0 Å². The second kappa shape index (κ2) is 6.02. The smallest absolute Gasteiger partial charge is 0.0762 e. The highest BCUT2D eigenvalue weighted by molar-refractivity contribution is 5.14. The number of nitrogens with one attached hydrogen (secondary N) is 1. The molecule has 0 atom stereocenters. The Kier molecular flexibility index (Phi) is 4.38. The van der Waals surface area contributed by atoms with Gasteiger partial charge in [-0.25, -0.2) is 0 Å². The van der Waals surface area contributed by atoms with Crippen LogP contribution in [-0.4, -0.2) is 15.3 Å². The van der Waals surface area contributed by atoms with E-state index in [9.17, 15) is 0 Å². The molecule has 0 aliphatic rings. The van der Waals surface area contributed by atoms with Crippen LogP contribution in [0.1, 0.15) is 32.0 Å². The Balaban J connectivity index is 1.84. The summed E-state index contributed by atoms with van der Waals surface area (Å²) in [6.45, 7) is 8.25. The van der Waals surface area contributed by atoms with E-state index in [2.05, 4.69) is 67.7 Å². The van der Waals surface area contributed by atoms with Crippen LogP contribution < -0.4 is 5.32 Å². The van der Waals surface area contributed by atoms with Crippen molar-refractivity contribution in [3.8, 4) is 0 Å². The van der Waals surface area contributed by atoms with E-state index in [0.29, 0.717) is 0 Å². The van der Waals surface area contributed by atoms with Crippen LogP contribution in [0.3, 0.4) is 0 Å². The van der Waals surface area contributed by atoms with Crippen molar-refractivity contribution in [1.82, 2.24) is 15.1 Å². The average molecular weight is 257 g/mol. The SMILES string of the molecule is CC(C)(C)NCc1ccn(CCc2ccccc2)n1. The minimum atomic E-state index is 0.133. The molecule has 3 nitrogen and oxygen atoms in total. The van der Waals surface area contributed by atoms with Crippen molar-refractivity contribution in [3.63, 3.8) is 0 Å². The summed E-state index contributed by atoms with van der Waals surface area (Å²) in [5.74, 6) is 0. The van der Waals surface area contributed by atoms with Crippen molar-refractivity contribution >= 4 is 0 Å². The van der Waals surface area contributed by atoms with Gasteiger partial charge in [-0.2, -0.15) is 5.10 Å². The van der Waals surface area contributed by atoms with Gasteiger partial charge in [0.2, 0.25) is 0 Å². The number of aryl methyl sites for hydroxylation is 2. The topological polar surface area (TPSA) is 29.9 Å². The van der Waals surface area contributed by atoms with Gasteiger partial charge >= 0.3 is 0 Å². The van der Waals surface area contributed by atoms with Crippen LogP contribution in [-0.2, 0) is 19.5 Å². The van der Waals surface area contributed by atoms with Crippen molar-refractivity contribution < 1.29 is 0 Å². The number of hydrogen-bond acceptors (Lipinski definition) is 2. The summed E-state index contributed by atoms with van der Waals surface area (Å²) in [5, 5.41) is 8.03. The number of benzene rings is 1. The molecule has 0 saturated heterocycles. The molecular weight excluding hydrogens is 234 g/mol. The Morgan fingerprint density at radius 2 is 1.84 bits per heavy atom. The zero-order chi connectivity index (χ0) is 13.7. The summed E-state index contributed by atoms with van der Waals surface area (Å²) in [6.07, 6.45) is 3.08. The fraction of sp³-hybridized carbons (Fsp3) is 0.438. The van der Waals surface area contributed by atoms with Gasteiger partial charge in [0.25, 0.3) is 0 Å². The van der Waals surface area contributed by atoms with Crippen molar-refractivity contribution in [2.75, 3.05) is 0 Å². The predicted octanol–water partition coefficient (Wildman–Crippen LogP) is 3.01. The summed E-state index contributed by atoms with van der Waals surface area (Å²) >= 11 is 0. The molecule has 1 heterocycles. The van der Waals surface area contributed by atoms with Crippen molar-refractivity contribution in [3.05, 3.63) is 53.9 Å². The zero-order valence-corrected chi connectivity index (χ0v) is 12.1. The summed E-state index contributed by atoms with van der Waals surface area (Å²) in [4.78, 5) is 0. The van der Waals surface area contributed by atoms with E-state index in [4.69, 9.17) is 0 Å². The minimum absolute atomic E-state index is 0.133. The van der Waals surface area contributed by atoms with Gasteiger partial charge in [-0.3, -0.25) is 4.68 Å². The standard InChI is InChI=1S/C16H23N3/c1-16(2,3)17-13-15-10-12-19(18-15)11-9-14-7-5-4-6-8-14/h4-8,10,12,17H,9,11,13H2,1-3H3. The monoisotopic (exact) mass is 257 g/mol. The van der Waals surface area contributed by atoms with Crippen LogP contribution in [0.2, 0.25) is 0 Å². The highest BCUT2D eigenvalue weighted by atomic mass is 15.3. The minimum Gasteiger partial charge on any atom is -0.306 e. The first-order chi connectivity index (χ1) is 9.03. The van der Waals surface area contributed by atoms with Crippen molar-refractivity contribution in [2.45, 2.75) is 45.8 Å². The first kappa shape index (κ1) is 13.8. The van der Waals surface area contributed by atoms with Gasteiger partial charge in [0.15, 0.2) is 0 Å². The molecule has 0 aliphatic heterocycles. The Morgan fingerprint density at radius 3 is 2.53 bits per heavy atom. The number of aromatic nitrogens is 2. The molecule has 2 rings (SSSR count). The van der Waals surface area contributed by atoms with Crippen molar-refractivity contribution in [1.29, 1.82) is 0 Å². The van der Waals surface area contributed by atoms with E-state index >= 15 is 0 Å². The lowest BCUT2D eigenvalue weighted by molar-refractivity contribution is 0.419. The molecule has 0 saturated carbocycles. The molecule has 1 N–H and O–H groups in total. The fourth-order valence-corrected chi connectivity index (χ4v) is 1.87. The summed E-state index contributed by atoms with van der Waals surface area (Å²) < 4.78 is 2.02. The zero-order valence-electron chi connectivity index (χ0n) is 12.1. The molecule has 1 aromatic carbocycles. The Morgan fingerprint density at radius 1 is 1.11 bits per heavy atom. The van der Waals surface area contributed by atoms with Gasteiger partial charge in [-0.15, -0.1) is 0 Å². The van der Waals surface area contributed by atoms with Gasteiger partial charge < -0.3 is 5.32 Å². The summed E-state index contributed by atoms with van der Waals surface area (Å²) in [6, 6.07) is 12.6. The van der Waals surface area contributed by atoms with Gasteiger partial charge in [0, 0.05) is 24.8 Å². The second-order valence-electron chi connectivity index (χ2n) is 5.91. The Hall–Kier alpha value is -1.61. The molecule has 0 bridgehead atoms. The van der Waals surface area contributed by atoms with E-state index in [-0.39, 0.29) is 5.54 Å². The lowest BCUT2D eigenvalue weighted by atomic mass is 10.1. The molecule has 0 spiro atoms. The predicted molar refractivity (Wildman–Crippen MR) is 79.0 cm³/mol. The van der Waals surface area contributed by atoms with Gasteiger partial charge in [0.05, 0.1) is 5.69 Å². The lowest BCUT2D eigenvalue weighted by Gasteiger charge is -2.19. The molecule has 102 valence electrons. The maximum atomic E-state index is 4.58. The second-order valence-corrected chi connectivity index (χ2v) is 5.91. The average Bonchev–Trinajstić information content (AvgIpc) is 2.82. The normalized spacial score (nSPS) is 11.7. The Labute approximate surface area is 115 Å². The van der Waals surface area contributed by atoms with Gasteiger partial charge in [-0.05, 0) is 38.8 Å². The fourth-order valence-electron chi connectivity index (χ4n) is 1.87. The maximum Gasteiger partial charge on any atom is 0.0762 e. The number of nitrogens with zero attached hydrogens (tertiary/aromatic N) is 2. The first-order valence-electron chi connectivity index (χ1n) is 6.84. The number of rotatable bonds is 5. The number of hydrogen-bond donors (Lipinski definition) is 1. The molecular formula is C16H23N3. The van der Waals surface area contributed by atoms with Crippen LogP contribution in [0.4, 0.5) is 0 Å². The van der Waals surface area contributed by atoms with Gasteiger partial charge in [0.1, 0.15) is 0 Å². The maximum absolute atomic E-state index is 4.58. The van der Waals surface area contributed by atoms with Gasteiger partial charge in [-0.1, -0.05) is 30.3 Å². The molecule has 3 heteroatoms. The molecule has 1 aromatic heterocycles. The van der Waals surface area contributed by atoms with E-state index in [1.54, 1.807) is 0 Å². The largest absolute Gasteiger partial charge is 0.306 e. The molecule has 0 fully saturated rings. The summed E-state index contributed by atoms with van der Waals surface area (Å²) in [5.41, 5.74) is 2.59. The molecule has 0 amide bonds. The Bertz CT molecular complexity index is 494. The third kappa shape index (κ3) is 4.87. The van der Waals surface area contributed by atoms with E-state index in [1.165, 1.54) is 5.56 Å². The highest BCUT2D eigenvalue weighted by Crippen LogP contribution is 2.04. The van der Waals surface area contributed by atoms with Crippen LogP contribution in [0.5, 0.6) is 0 Å². The van der Waals surface area contributed by atoms with E-state index in [1.807, 2.05) is 10.7 Å². The quantitative estimate of drug-likeness (QED) is 0.892. The third-order valence-electron chi connectivity index (χ3n) is 2.97. The lowest BCUT2D eigenvalue weighted by Crippen LogP contribution is -2.35. The molecule has 19 heavy (non-hydrogen) atoms. The van der Waals surface area contributed by atoms with Crippen LogP contribution in [0.15, 0.2) is 42.6 Å². The molecule has 0 radical (unpaired) electrons. The summed E-state index contributed by atoms with van der Waals surface area (Å²) in [7, 11) is 0. The molecule has 0 unspecified atom stereocenters. The third-order valence-corrected chi connectivity index (χ3v) is 2.97. The van der Waals surface area contributed by atoms with Crippen LogP contribution >= 0.6 is 0 Å². The van der Waals surface area contributed by atoms with Crippen LogP contribution in [0.25, 0.3) is 0 Å². The van der Waals surface area contributed by atoms with Crippen molar-refractivity contribution in [2.24, 2.45) is 0 Å². The first-order valence-corrected chi connectivity index (χ1v) is 6.84. The highest BCUT2D eigenvalue weighted by Gasteiger charge is 2.09.